The lowest BCUT2D eigenvalue weighted by Gasteiger charge is -2.24. The molecule has 1 amide bonds. The summed E-state index contributed by atoms with van der Waals surface area (Å²) in [4.78, 5) is 13.4. The molecule has 0 saturated carbocycles. The van der Waals surface area contributed by atoms with Gasteiger partial charge in [-0.3, -0.25) is 4.79 Å². The molecule has 0 aliphatic rings. The van der Waals surface area contributed by atoms with Gasteiger partial charge in [0.1, 0.15) is 11.6 Å². The van der Waals surface area contributed by atoms with Crippen LogP contribution in [0.3, 0.4) is 0 Å². The zero-order valence-electron chi connectivity index (χ0n) is 10.5. The van der Waals surface area contributed by atoms with Crippen LogP contribution in [0.5, 0.6) is 0 Å². The van der Waals surface area contributed by atoms with E-state index >= 15 is 0 Å². The molecule has 0 fully saturated rings. The standard InChI is InChI=1S/C13H17F2NO2/c1-3-16(7-8-17)13(18)9(2)12-10(14)5-4-6-11(12)15/h4-6,9,17H,3,7-8H2,1-2H3. The van der Waals surface area contributed by atoms with Crippen LogP contribution in [0.1, 0.15) is 25.3 Å². The predicted octanol–water partition coefficient (Wildman–Crippen LogP) is 1.91. The number of hydrogen-bond donors (Lipinski definition) is 1. The van der Waals surface area contributed by atoms with Gasteiger partial charge in [0.15, 0.2) is 0 Å². The number of benzene rings is 1. The first kappa shape index (κ1) is 14.6. The molecule has 5 heteroatoms. The lowest BCUT2D eigenvalue weighted by molar-refractivity contribution is -0.132. The van der Waals surface area contributed by atoms with Gasteiger partial charge >= 0.3 is 0 Å². The first-order chi connectivity index (χ1) is 8.52. The van der Waals surface area contributed by atoms with Crippen LogP contribution < -0.4 is 0 Å². The molecule has 0 radical (unpaired) electrons. The van der Waals surface area contributed by atoms with Crippen molar-refractivity contribution >= 4 is 5.91 Å². The molecule has 0 bridgehead atoms. The summed E-state index contributed by atoms with van der Waals surface area (Å²) in [5, 5.41) is 8.84. The maximum atomic E-state index is 13.6. The third-order valence-electron chi connectivity index (χ3n) is 2.87. The third kappa shape index (κ3) is 3.04. The number of halogens is 2. The van der Waals surface area contributed by atoms with Crippen LogP contribution in [0.4, 0.5) is 8.78 Å². The Balaban J connectivity index is 2.99. The van der Waals surface area contributed by atoms with Crippen molar-refractivity contribution in [2.75, 3.05) is 19.7 Å². The molecule has 1 rings (SSSR count). The highest BCUT2D eigenvalue weighted by atomic mass is 19.1. The largest absolute Gasteiger partial charge is 0.395 e. The summed E-state index contributed by atoms with van der Waals surface area (Å²) in [7, 11) is 0. The Morgan fingerprint density at radius 2 is 1.94 bits per heavy atom. The van der Waals surface area contributed by atoms with E-state index in [4.69, 9.17) is 5.11 Å². The fourth-order valence-corrected chi connectivity index (χ4v) is 1.87. The zero-order chi connectivity index (χ0) is 13.7. The van der Waals surface area contributed by atoms with Crippen molar-refractivity contribution in [2.24, 2.45) is 0 Å². The second-order valence-corrected chi connectivity index (χ2v) is 4.00. The molecule has 1 aromatic rings. The Bertz CT molecular complexity index is 403. The number of carbonyl (C=O) groups is 1. The number of carbonyl (C=O) groups excluding carboxylic acids is 1. The molecule has 1 N–H and O–H groups in total. The SMILES string of the molecule is CCN(CCO)C(=O)C(C)c1c(F)cccc1F. The zero-order valence-corrected chi connectivity index (χ0v) is 10.5. The molecule has 0 spiro atoms. The number of rotatable bonds is 5. The van der Waals surface area contributed by atoms with E-state index in [2.05, 4.69) is 0 Å². The molecule has 0 heterocycles. The maximum Gasteiger partial charge on any atom is 0.230 e. The fraction of sp³-hybridized carbons (Fsp3) is 0.462. The summed E-state index contributed by atoms with van der Waals surface area (Å²) in [5.41, 5.74) is -0.223. The molecule has 3 nitrogen and oxygen atoms in total. The molecule has 0 saturated heterocycles. The summed E-state index contributed by atoms with van der Waals surface area (Å²) in [6, 6.07) is 3.52. The minimum atomic E-state index is -0.905. The van der Waals surface area contributed by atoms with Crippen molar-refractivity contribution in [3.8, 4) is 0 Å². The average molecular weight is 257 g/mol. The number of aliphatic hydroxyl groups excluding tert-OH is 1. The van der Waals surface area contributed by atoms with Gasteiger partial charge in [0.25, 0.3) is 0 Å². The molecular weight excluding hydrogens is 240 g/mol. The van der Waals surface area contributed by atoms with Gasteiger partial charge in [-0.1, -0.05) is 6.07 Å². The van der Waals surface area contributed by atoms with E-state index in [-0.39, 0.29) is 18.7 Å². The minimum Gasteiger partial charge on any atom is -0.395 e. The summed E-state index contributed by atoms with van der Waals surface area (Å²) >= 11 is 0. The van der Waals surface area contributed by atoms with Crippen LogP contribution in [0.25, 0.3) is 0 Å². The molecular formula is C13H17F2NO2. The Morgan fingerprint density at radius 3 is 2.39 bits per heavy atom. The van der Waals surface area contributed by atoms with Crippen LogP contribution in [0.2, 0.25) is 0 Å². The second kappa shape index (κ2) is 6.44. The predicted molar refractivity (Wildman–Crippen MR) is 64.1 cm³/mol. The highest BCUT2D eigenvalue weighted by molar-refractivity contribution is 5.83. The molecule has 18 heavy (non-hydrogen) atoms. The highest BCUT2D eigenvalue weighted by Gasteiger charge is 2.25. The van der Waals surface area contributed by atoms with E-state index in [0.29, 0.717) is 6.54 Å². The molecule has 0 aliphatic carbocycles. The number of nitrogens with zero attached hydrogens (tertiary/aromatic N) is 1. The smallest absolute Gasteiger partial charge is 0.230 e. The molecule has 1 atom stereocenters. The first-order valence-electron chi connectivity index (χ1n) is 5.86. The molecule has 1 unspecified atom stereocenters. The lowest BCUT2D eigenvalue weighted by Crippen LogP contribution is -2.36. The van der Waals surface area contributed by atoms with E-state index in [1.807, 2.05) is 0 Å². The Kier molecular flexibility index (Phi) is 5.22. The normalized spacial score (nSPS) is 12.3. The van der Waals surface area contributed by atoms with Crippen molar-refractivity contribution in [3.63, 3.8) is 0 Å². The Labute approximate surface area is 105 Å². The number of likely N-dealkylation sites (N-methyl/N-ethyl adjacent to an activating group) is 1. The first-order valence-corrected chi connectivity index (χ1v) is 5.86. The second-order valence-electron chi connectivity index (χ2n) is 4.00. The van der Waals surface area contributed by atoms with Gasteiger partial charge in [-0.15, -0.1) is 0 Å². The van der Waals surface area contributed by atoms with Gasteiger partial charge in [-0.05, 0) is 26.0 Å². The van der Waals surface area contributed by atoms with Gasteiger partial charge in [0, 0.05) is 18.7 Å². The quantitative estimate of drug-likeness (QED) is 0.875. The van der Waals surface area contributed by atoms with Gasteiger partial charge in [-0.2, -0.15) is 0 Å². The molecule has 0 aromatic heterocycles. The Hall–Kier alpha value is -1.49. The van der Waals surface area contributed by atoms with E-state index in [1.165, 1.54) is 17.9 Å². The highest BCUT2D eigenvalue weighted by Crippen LogP contribution is 2.24. The third-order valence-corrected chi connectivity index (χ3v) is 2.87. The molecule has 1 aromatic carbocycles. The molecule has 0 aliphatic heterocycles. The van der Waals surface area contributed by atoms with Crippen LogP contribution >= 0.6 is 0 Å². The topological polar surface area (TPSA) is 40.5 Å². The van der Waals surface area contributed by atoms with Gasteiger partial charge < -0.3 is 10.0 Å². The lowest BCUT2D eigenvalue weighted by atomic mass is 9.98. The van der Waals surface area contributed by atoms with E-state index in [1.54, 1.807) is 6.92 Å². The van der Waals surface area contributed by atoms with E-state index < -0.39 is 23.5 Å². The van der Waals surface area contributed by atoms with Crippen LogP contribution in [-0.2, 0) is 4.79 Å². The summed E-state index contributed by atoms with van der Waals surface area (Å²) in [6.07, 6.45) is 0. The van der Waals surface area contributed by atoms with Crippen molar-refractivity contribution < 1.29 is 18.7 Å². The van der Waals surface area contributed by atoms with E-state index in [9.17, 15) is 13.6 Å². The van der Waals surface area contributed by atoms with E-state index in [0.717, 1.165) is 12.1 Å². The van der Waals surface area contributed by atoms with Crippen molar-refractivity contribution in [1.82, 2.24) is 4.90 Å². The van der Waals surface area contributed by atoms with Gasteiger partial charge in [0.2, 0.25) is 5.91 Å². The fourth-order valence-electron chi connectivity index (χ4n) is 1.87. The van der Waals surface area contributed by atoms with Gasteiger partial charge in [0.05, 0.1) is 12.5 Å². The Morgan fingerprint density at radius 1 is 1.39 bits per heavy atom. The van der Waals surface area contributed by atoms with Crippen LogP contribution in [-0.4, -0.2) is 35.6 Å². The van der Waals surface area contributed by atoms with Crippen LogP contribution in [0, 0.1) is 11.6 Å². The number of hydrogen-bond acceptors (Lipinski definition) is 2. The summed E-state index contributed by atoms with van der Waals surface area (Å²) < 4.78 is 27.1. The van der Waals surface area contributed by atoms with Crippen molar-refractivity contribution in [3.05, 3.63) is 35.4 Å². The van der Waals surface area contributed by atoms with Crippen molar-refractivity contribution in [1.29, 1.82) is 0 Å². The average Bonchev–Trinajstić information content (AvgIpc) is 2.34. The minimum absolute atomic E-state index is 0.162. The monoisotopic (exact) mass is 257 g/mol. The molecule has 100 valence electrons. The van der Waals surface area contributed by atoms with Crippen LogP contribution in [0.15, 0.2) is 18.2 Å². The summed E-state index contributed by atoms with van der Waals surface area (Å²) in [6.45, 7) is 3.59. The summed E-state index contributed by atoms with van der Waals surface area (Å²) in [5.74, 6) is -2.75. The number of aliphatic hydroxyl groups is 1. The van der Waals surface area contributed by atoms with Crippen molar-refractivity contribution in [2.45, 2.75) is 19.8 Å². The number of amides is 1. The van der Waals surface area contributed by atoms with Gasteiger partial charge in [-0.25, -0.2) is 8.78 Å². The maximum absolute atomic E-state index is 13.6.